The van der Waals surface area contributed by atoms with Gasteiger partial charge in [0.1, 0.15) is 0 Å². The third-order valence-electron chi connectivity index (χ3n) is 5.58. The molecule has 0 amide bonds. The van der Waals surface area contributed by atoms with E-state index in [1.165, 1.54) is 16.9 Å². The van der Waals surface area contributed by atoms with Crippen LogP contribution in [0.3, 0.4) is 0 Å². The number of nitrogens with one attached hydrogen (secondary N) is 1. The summed E-state index contributed by atoms with van der Waals surface area (Å²) < 4.78 is 52.6. The third kappa shape index (κ3) is 5.42. The van der Waals surface area contributed by atoms with Gasteiger partial charge in [-0.15, -0.1) is 0 Å². The third-order valence-corrected chi connectivity index (χ3v) is 8.76. The molecule has 1 saturated heterocycles. The van der Waals surface area contributed by atoms with Gasteiger partial charge >= 0.3 is 0 Å². The molecule has 1 heterocycles. The van der Waals surface area contributed by atoms with Gasteiger partial charge in [0, 0.05) is 0 Å². The molecule has 1 N–H and O–H groups in total. The van der Waals surface area contributed by atoms with E-state index in [-0.39, 0.29) is 17.5 Å². The predicted octanol–water partition coefficient (Wildman–Crippen LogP) is 3.40. The number of anilines is 1. The van der Waals surface area contributed by atoms with Crippen LogP contribution in [0.2, 0.25) is 0 Å². The molecule has 1 aliphatic rings. The van der Waals surface area contributed by atoms with Crippen LogP contribution in [-0.2, 0) is 32.9 Å². The summed E-state index contributed by atoms with van der Waals surface area (Å²) in [6.45, 7) is 2.15. The smallest absolute Gasteiger partial charge is 0.235 e. The first-order valence-electron chi connectivity index (χ1n) is 10.4. The highest BCUT2D eigenvalue weighted by molar-refractivity contribution is 7.93. The van der Waals surface area contributed by atoms with Crippen molar-refractivity contribution in [3.8, 4) is 0 Å². The van der Waals surface area contributed by atoms with Crippen LogP contribution in [0, 0.1) is 0 Å². The molecule has 0 spiro atoms. The Bertz CT molecular complexity index is 1050. The Balaban J connectivity index is 1.79. The Morgan fingerprint density at radius 1 is 1.00 bits per heavy atom. The van der Waals surface area contributed by atoms with Gasteiger partial charge < -0.3 is 0 Å². The lowest BCUT2D eigenvalue weighted by atomic mass is 10.0. The fourth-order valence-corrected chi connectivity index (χ4v) is 6.25. The topological polar surface area (TPSA) is 83.6 Å². The molecule has 6 nitrogen and oxygen atoms in total. The Labute approximate surface area is 180 Å². The standard InChI is InChI=1S/C22H30N2O4S2/c1-3-4-5-18-8-12-21(13-9-18)24-22(15-17-30(24,27)28)20-10-6-19(7-11-20)14-16-29(25,26)23-2/h6-13,22-23H,3-5,14-17H2,1-2H3. The minimum atomic E-state index is -3.36. The summed E-state index contributed by atoms with van der Waals surface area (Å²) in [4.78, 5) is 0. The van der Waals surface area contributed by atoms with Crippen LogP contribution < -0.4 is 9.03 Å². The second-order valence-electron chi connectivity index (χ2n) is 7.70. The zero-order chi connectivity index (χ0) is 21.8. The van der Waals surface area contributed by atoms with E-state index in [0.717, 1.165) is 30.4 Å². The number of sulfonamides is 2. The first-order valence-corrected chi connectivity index (χ1v) is 13.6. The van der Waals surface area contributed by atoms with Gasteiger partial charge in [0.15, 0.2) is 0 Å². The highest BCUT2D eigenvalue weighted by Gasteiger charge is 2.38. The van der Waals surface area contributed by atoms with Crippen molar-refractivity contribution in [1.29, 1.82) is 0 Å². The molecule has 2 aromatic rings. The van der Waals surface area contributed by atoms with Gasteiger partial charge in [-0.1, -0.05) is 49.7 Å². The zero-order valence-electron chi connectivity index (χ0n) is 17.5. The highest BCUT2D eigenvalue weighted by atomic mass is 32.2. The number of benzene rings is 2. The molecule has 0 aromatic heterocycles. The zero-order valence-corrected chi connectivity index (χ0v) is 19.2. The van der Waals surface area contributed by atoms with Gasteiger partial charge in [0.05, 0.1) is 23.2 Å². The maximum atomic E-state index is 12.8. The molecule has 1 atom stereocenters. The van der Waals surface area contributed by atoms with Crippen molar-refractivity contribution >= 4 is 25.7 Å². The van der Waals surface area contributed by atoms with Crippen LogP contribution in [0.25, 0.3) is 0 Å². The van der Waals surface area contributed by atoms with Crippen LogP contribution in [0.1, 0.15) is 48.9 Å². The number of rotatable bonds is 9. The number of aryl methyl sites for hydroxylation is 2. The van der Waals surface area contributed by atoms with E-state index in [1.807, 2.05) is 48.5 Å². The monoisotopic (exact) mass is 450 g/mol. The van der Waals surface area contributed by atoms with E-state index in [2.05, 4.69) is 11.6 Å². The normalized spacial score (nSPS) is 18.6. The first kappa shape index (κ1) is 22.8. The summed E-state index contributed by atoms with van der Waals surface area (Å²) >= 11 is 0. The maximum absolute atomic E-state index is 12.8. The lowest BCUT2D eigenvalue weighted by Crippen LogP contribution is -2.28. The molecule has 1 unspecified atom stereocenters. The van der Waals surface area contributed by atoms with Crippen molar-refractivity contribution in [1.82, 2.24) is 4.72 Å². The fraction of sp³-hybridized carbons (Fsp3) is 0.455. The van der Waals surface area contributed by atoms with E-state index in [4.69, 9.17) is 0 Å². The largest absolute Gasteiger partial charge is 0.263 e. The van der Waals surface area contributed by atoms with Gasteiger partial charge in [-0.05, 0) is 61.6 Å². The molecule has 3 rings (SSSR count). The molecular weight excluding hydrogens is 420 g/mol. The lowest BCUT2D eigenvalue weighted by molar-refractivity contribution is 0.587. The molecule has 1 aliphatic heterocycles. The summed E-state index contributed by atoms with van der Waals surface area (Å²) in [5.74, 6) is 0.147. The molecule has 1 fully saturated rings. The number of hydrogen-bond donors (Lipinski definition) is 1. The summed E-state index contributed by atoms with van der Waals surface area (Å²) in [7, 11) is -5.21. The summed E-state index contributed by atoms with van der Waals surface area (Å²) in [5, 5.41) is 0. The molecule has 0 radical (unpaired) electrons. The summed E-state index contributed by atoms with van der Waals surface area (Å²) in [6.07, 6.45) is 4.19. The summed E-state index contributed by atoms with van der Waals surface area (Å²) in [6, 6.07) is 15.2. The quantitative estimate of drug-likeness (QED) is 0.635. The molecule has 0 aliphatic carbocycles. The molecule has 0 saturated carbocycles. The van der Waals surface area contributed by atoms with Gasteiger partial charge in [0.25, 0.3) is 0 Å². The van der Waals surface area contributed by atoms with Crippen LogP contribution in [0.5, 0.6) is 0 Å². The van der Waals surface area contributed by atoms with Crippen molar-refractivity contribution in [3.05, 3.63) is 65.2 Å². The van der Waals surface area contributed by atoms with Crippen LogP contribution in [-0.4, -0.2) is 35.4 Å². The molecule has 0 bridgehead atoms. The molecule has 30 heavy (non-hydrogen) atoms. The average molecular weight is 451 g/mol. The Morgan fingerprint density at radius 2 is 1.60 bits per heavy atom. The minimum absolute atomic E-state index is 0.0250. The molecular formula is C22H30N2O4S2. The van der Waals surface area contributed by atoms with Crippen molar-refractivity contribution in [3.63, 3.8) is 0 Å². The number of unbranched alkanes of at least 4 members (excludes halogenated alkanes) is 1. The van der Waals surface area contributed by atoms with E-state index in [1.54, 1.807) is 0 Å². The van der Waals surface area contributed by atoms with E-state index in [0.29, 0.717) is 18.5 Å². The van der Waals surface area contributed by atoms with Gasteiger partial charge in [0.2, 0.25) is 20.0 Å². The highest BCUT2D eigenvalue weighted by Crippen LogP contribution is 2.38. The Morgan fingerprint density at radius 3 is 2.20 bits per heavy atom. The number of nitrogens with zero attached hydrogens (tertiary/aromatic N) is 1. The predicted molar refractivity (Wildman–Crippen MR) is 122 cm³/mol. The van der Waals surface area contributed by atoms with Gasteiger partial charge in [-0.25, -0.2) is 21.6 Å². The average Bonchev–Trinajstić information content (AvgIpc) is 3.06. The Hall–Kier alpha value is -1.90. The van der Waals surface area contributed by atoms with E-state index >= 15 is 0 Å². The van der Waals surface area contributed by atoms with E-state index < -0.39 is 20.0 Å². The summed E-state index contributed by atoms with van der Waals surface area (Å²) in [5.41, 5.74) is 3.74. The lowest BCUT2D eigenvalue weighted by Gasteiger charge is -2.26. The first-order chi connectivity index (χ1) is 14.3. The van der Waals surface area contributed by atoms with Crippen molar-refractivity contribution in [2.75, 3.05) is 22.9 Å². The van der Waals surface area contributed by atoms with Crippen molar-refractivity contribution < 1.29 is 16.8 Å². The van der Waals surface area contributed by atoms with Crippen LogP contribution >= 0.6 is 0 Å². The Kier molecular flexibility index (Phi) is 7.21. The molecule has 8 heteroatoms. The van der Waals surface area contributed by atoms with Gasteiger partial charge in [-0.2, -0.15) is 0 Å². The van der Waals surface area contributed by atoms with Crippen LogP contribution in [0.15, 0.2) is 48.5 Å². The molecule has 164 valence electrons. The van der Waals surface area contributed by atoms with Crippen molar-refractivity contribution in [2.24, 2.45) is 0 Å². The van der Waals surface area contributed by atoms with Crippen molar-refractivity contribution in [2.45, 2.75) is 45.1 Å². The SMILES string of the molecule is CCCCc1ccc(N2C(c3ccc(CCS(=O)(=O)NC)cc3)CCS2(=O)=O)cc1. The minimum Gasteiger partial charge on any atom is -0.263 e. The molecule has 2 aromatic carbocycles. The maximum Gasteiger partial charge on any atom is 0.235 e. The van der Waals surface area contributed by atoms with E-state index in [9.17, 15) is 16.8 Å². The number of hydrogen-bond acceptors (Lipinski definition) is 4. The van der Waals surface area contributed by atoms with Gasteiger partial charge in [-0.3, -0.25) is 4.31 Å². The van der Waals surface area contributed by atoms with Crippen LogP contribution in [0.4, 0.5) is 5.69 Å². The second-order valence-corrected chi connectivity index (χ2v) is 11.7. The second kappa shape index (κ2) is 9.49. The fourth-order valence-electron chi connectivity index (χ4n) is 3.76.